The third-order valence-corrected chi connectivity index (χ3v) is 24.5. The van der Waals surface area contributed by atoms with Crippen molar-refractivity contribution in [2.75, 3.05) is 9.80 Å². The van der Waals surface area contributed by atoms with Gasteiger partial charge in [-0.05, 0) is 221 Å². The highest BCUT2D eigenvalue weighted by Gasteiger charge is 2.53. The molecule has 1 spiro atoms. The molecule has 16 aromatic carbocycles. The van der Waals surface area contributed by atoms with E-state index < -0.39 is 16.2 Å². The van der Waals surface area contributed by atoms with Crippen molar-refractivity contribution in [2.45, 2.75) is 30.1 Å². The van der Waals surface area contributed by atoms with E-state index in [0.717, 1.165) is 45.3 Å². The number of rotatable bonds is 11. The Labute approximate surface area is 611 Å². The number of aryl methyl sites for hydroxylation is 2. The summed E-state index contributed by atoms with van der Waals surface area (Å²) in [7, 11) is 0. The molecule has 0 N–H and O–H groups in total. The third-order valence-electron chi connectivity index (χ3n) is 23.3. The van der Waals surface area contributed by atoms with Crippen LogP contribution in [-0.2, 0) is 16.2 Å². The van der Waals surface area contributed by atoms with Crippen LogP contribution in [-0.4, -0.2) is 0 Å². The first-order valence-electron chi connectivity index (χ1n) is 36.3. The van der Waals surface area contributed by atoms with Crippen molar-refractivity contribution in [3.05, 3.63) is 454 Å². The monoisotopic (exact) mass is 1340 g/mol. The maximum Gasteiger partial charge on any atom is 0.0726 e. The summed E-state index contributed by atoms with van der Waals surface area (Å²) in [6.45, 7) is 4.46. The largest absolute Gasteiger partial charge is 0.310 e. The second-order valence-corrected chi connectivity index (χ2v) is 29.8. The van der Waals surface area contributed by atoms with E-state index >= 15 is 0 Å². The van der Waals surface area contributed by atoms with E-state index in [4.69, 9.17) is 0 Å². The van der Waals surface area contributed by atoms with Crippen LogP contribution < -0.4 is 9.80 Å². The van der Waals surface area contributed by atoms with Crippen molar-refractivity contribution in [1.82, 2.24) is 0 Å². The highest BCUT2D eigenvalue weighted by Crippen LogP contribution is 2.65. The summed E-state index contributed by atoms with van der Waals surface area (Å²) in [5, 5.41) is 2.55. The SMILES string of the molecule is Cc1ccc2c(c1)C(c1ccccc1)(c1ccccc1)c1cc(N(c3ccc(-c4ccc(N(c5ccc6c(c5)C5(c7ccccc7-c7ccccc75)c5ccccc5-6)c5ccc6sc7ccccc7c6c5)cc4)cc3)c3ccc4c(c3)C(c3ccccc3)(c3ccccc3)c3cc(C)ccc3-4)ccc1-2. The summed E-state index contributed by atoms with van der Waals surface area (Å²) in [6.07, 6.45) is 0. The molecule has 0 radical (unpaired) electrons. The lowest BCUT2D eigenvalue weighted by Crippen LogP contribution is -2.29. The van der Waals surface area contributed by atoms with Gasteiger partial charge in [0, 0.05) is 54.3 Å². The van der Waals surface area contributed by atoms with Gasteiger partial charge < -0.3 is 9.80 Å². The van der Waals surface area contributed by atoms with Crippen LogP contribution in [0.2, 0.25) is 0 Å². The van der Waals surface area contributed by atoms with Gasteiger partial charge in [0.15, 0.2) is 0 Å². The first-order valence-corrected chi connectivity index (χ1v) is 37.1. The zero-order chi connectivity index (χ0) is 68.8. The average Bonchev–Trinajstić information content (AvgIpc) is 1.51. The van der Waals surface area contributed by atoms with Crippen LogP contribution in [0, 0.1) is 13.8 Å². The Morgan fingerprint density at radius 2 is 0.490 bits per heavy atom. The van der Waals surface area contributed by atoms with E-state index in [1.807, 2.05) is 11.3 Å². The van der Waals surface area contributed by atoms with Crippen LogP contribution in [0.15, 0.2) is 376 Å². The first kappa shape index (κ1) is 60.1. The Kier molecular flexibility index (Phi) is 13.4. The minimum absolute atomic E-state index is 0.485. The molecule has 0 fully saturated rings. The Morgan fingerprint density at radius 1 is 0.202 bits per heavy atom. The molecule has 0 atom stereocenters. The van der Waals surface area contributed by atoms with E-state index in [1.165, 1.54) is 143 Å². The maximum atomic E-state index is 2.52. The van der Waals surface area contributed by atoms with Crippen LogP contribution in [0.3, 0.4) is 0 Å². The lowest BCUT2D eigenvalue weighted by Gasteiger charge is -2.36. The normalized spacial score (nSPS) is 13.9. The van der Waals surface area contributed by atoms with Crippen LogP contribution in [0.5, 0.6) is 0 Å². The number of anilines is 6. The molecule has 2 nitrogen and oxygen atoms in total. The zero-order valence-corrected chi connectivity index (χ0v) is 58.4. The molecule has 17 aromatic rings. The molecule has 0 bridgehead atoms. The molecule has 1 heterocycles. The molecule has 4 aliphatic carbocycles. The lowest BCUT2D eigenvalue weighted by atomic mass is 9.67. The predicted octanol–water partition coefficient (Wildman–Crippen LogP) is 26.3. The molecule has 0 aliphatic heterocycles. The van der Waals surface area contributed by atoms with Crippen molar-refractivity contribution in [3.8, 4) is 55.6 Å². The Bertz CT molecular complexity index is 5980. The smallest absolute Gasteiger partial charge is 0.0726 e. The molecule has 0 saturated carbocycles. The maximum absolute atomic E-state index is 2.52. The summed E-state index contributed by atoms with van der Waals surface area (Å²) in [4.78, 5) is 5.01. The minimum atomic E-state index is -0.603. The van der Waals surface area contributed by atoms with Gasteiger partial charge in [0.2, 0.25) is 0 Å². The molecule has 104 heavy (non-hydrogen) atoms. The number of benzene rings is 16. The van der Waals surface area contributed by atoms with Gasteiger partial charge in [-0.25, -0.2) is 0 Å². The van der Waals surface area contributed by atoms with Gasteiger partial charge in [-0.2, -0.15) is 0 Å². The van der Waals surface area contributed by atoms with Crippen LogP contribution in [0.1, 0.15) is 77.9 Å². The summed E-state index contributed by atoms with van der Waals surface area (Å²) >= 11 is 1.86. The molecular weight excluding hydrogens is 1270 g/mol. The van der Waals surface area contributed by atoms with Gasteiger partial charge in [-0.3, -0.25) is 0 Å². The Hall–Kier alpha value is -12.7. The van der Waals surface area contributed by atoms with Gasteiger partial charge in [0.05, 0.1) is 16.2 Å². The highest BCUT2D eigenvalue weighted by atomic mass is 32.1. The highest BCUT2D eigenvalue weighted by molar-refractivity contribution is 7.25. The average molecular weight is 1340 g/mol. The summed E-state index contributed by atoms with van der Waals surface area (Å²) in [5.74, 6) is 0. The standard InChI is InChI=1S/C101H68N2S/c1-65-39-53-82-85-56-50-76(62-94(85)99(92(82)59-65,69-23-7-3-8-24-69)70-25-9-4-10-26-70)103(77-51-57-86-83-54-40-66(2)60-93(83)100(95(86)63-77,71-27-11-5-12-28-71)72-29-13-6-14-30-72)74-47-43-68(44-48-74)67-41-45-73(46-42-67)102(75-52-58-98-88(61-75)87-34-18-22-38-97(87)104-98)78-49-55-84-81-33-17-21-37-91(81)101(96(84)64-78)89-35-19-15-31-79(89)80-32-16-20-36-90(80)101/h3-64H,1-2H3. The first-order chi connectivity index (χ1) is 51.4. The second kappa shape index (κ2) is 23.2. The van der Waals surface area contributed by atoms with E-state index in [-0.39, 0.29) is 0 Å². The number of thiophene rings is 1. The van der Waals surface area contributed by atoms with Crippen molar-refractivity contribution >= 4 is 65.6 Å². The van der Waals surface area contributed by atoms with E-state index in [2.05, 4.69) is 400 Å². The number of hydrogen-bond donors (Lipinski definition) is 0. The summed E-state index contributed by atoms with van der Waals surface area (Å²) in [5.41, 5.74) is 35.2. The zero-order valence-electron chi connectivity index (χ0n) is 57.6. The van der Waals surface area contributed by atoms with Gasteiger partial charge in [-0.1, -0.05) is 302 Å². The van der Waals surface area contributed by atoms with Crippen LogP contribution >= 0.6 is 11.3 Å². The Morgan fingerprint density at radius 3 is 0.894 bits per heavy atom. The molecule has 0 amide bonds. The lowest BCUT2D eigenvalue weighted by molar-refractivity contribution is 0.766. The summed E-state index contributed by atoms with van der Waals surface area (Å²) in [6, 6.07) is 143. The van der Waals surface area contributed by atoms with E-state index in [1.54, 1.807) is 0 Å². The third kappa shape index (κ3) is 8.56. The van der Waals surface area contributed by atoms with Gasteiger partial charge in [0.25, 0.3) is 0 Å². The quantitative estimate of drug-likeness (QED) is 0.127. The molecule has 488 valence electrons. The summed E-state index contributed by atoms with van der Waals surface area (Å²) < 4.78 is 2.58. The molecular formula is C101H68N2S. The molecule has 3 heteroatoms. The van der Waals surface area contributed by atoms with E-state index in [0.29, 0.717) is 0 Å². The van der Waals surface area contributed by atoms with E-state index in [9.17, 15) is 0 Å². The molecule has 4 aliphatic rings. The molecule has 0 unspecified atom stereocenters. The second-order valence-electron chi connectivity index (χ2n) is 28.7. The number of hydrogen-bond acceptors (Lipinski definition) is 3. The fourth-order valence-corrected chi connectivity index (χ4v) is 20.1. The van der Waals surface area contributed by atoms with Crippen LogP contribution in [0.4, 0.5) is 34.1 Å². The number of nitrogens with zero attached hydrogens (tertiary/aromatic N) is 2. The fraction of sp³-hybridized carbons (Fsp3) is 0.0495. The molecule has 0 saturated heterocycles. The minimum Gasteiger partial charge on any atom is -0.310 e. The van der Waals surface area contributed by atoms with Gasteiger partial charge >= 0.3 is 0 Å². The fourth-order valence-electron chi connectivity index (χ4n) is 19.0. The topological polar surface area (TPSA) is 6.48 Å². The Balaban J connectivity index is 0.731. The number of fused-ring (bicyclic) bond motifs is 19. The van der Waals surface area contributed by atoms with Gasteiger partial charge in [-0.15, -0.1) is 11.3 Å². The van der Waals surface area contributed by atoms with Crippen molar-refractivity contribution < 1.29 is 0 Å². The van der Waals surface area contributed by atoms with Crippen LogP contribution in [0.25, 0.3) is 75.8 Å². The van der Waals surface area contributed by atoms with Crippen molar-refractivity contribution in [1.29, 1.82) is 0 Å². The molecule has 1 aromatic heterocycles. The predicted molar refractivity (Wildman–Crippen MR) is 435 cm³/mol. The van der Waals surface area contributed by atoms with Gasteiger partial charge in [0.1, 0.15) is 0 Å². The van der Waals surface area contributed by atoms with Crippen molar-refractivity contribution in [3.63, 3.8) is 0 Å². The van der Waals surface area contributed by atoms with Crippen molar-refractivity contribution in [2.24, 2.45) is 0 Å². The molecule has 21 rings (SSSR count).